The van der Waals surface area contributed by atoms with E-state index in [9.17, 15) is 9.50 Å². The van der Waals surface area contributed by atoms with Gasteiger partial charge in [0.25, 0.3) is 0 Å². The Kier molecular flexibility index (Phi) is 11.4. The molecule has 0 saturated heterocycles. The zero-order valence-corrected chi connectivity index (χ0v) is 20.1. The van der Waals surface area contributed by atoms with Crippen molar-refractivity contribution in [2.75, 3.05) is 33.3 Å². The van der Waals surface area contributed by atoms with Gasteiger partial charge in [0.05, 0.1) is 0 Å². The van der Waals surface area contributed by atoms with E-state index in [1.165, 1.54) is 17.2 Å². The van der Waals surface area contributed by atoms with Gasteiger partial charge in [-0.25, -0.2) is 4.39 Å². The van der Waals surface area contributed by atoms with Crippen molar-refractivity contribution in [1.82, 2.24) is 4.90 Å². The van der Waals surface area contributed by atoms with E-state index in [1.54, 1.807) is 13.1 Å². The Morgan fingerprint density at radius 3 is 2.70 bits per heavy atom. The van der Waals surface area contributed by atoms with Gasteiger partial charge in [0.15, 0.2) is 0 Å². The molecule has 0 radical (unpaired) electrons. The Morgan fingerprint density at radius 1 is 1.27 bits per heavy atom. The third kappa shape index (κ3) is 9.22. The van der Waals surface area contributed by atoms with Gasteiger partial charge in [0.1, 0.15) is 23.9 Å². The minimum atomic E-state index is -0.154. The topological polar surface area (TPSA) is 45.1 Å². The first kappa shape index (κ1) is 26.3. The number of nitrogens with zero attached hydrogens (tertiary/aromatic N) is 2. The van der Waals surface area contributed by atoms with Crippen LogP contribution in [0.1, 0.15) is 31.4 Å². The Morgan fingerprint density at radius 2 is 2.03 bits per heavy atom. The molecule has 1 unspecified atom stereocenters. The van der Waals surface area contributed by atoms with Crippen LogP contribution in [0.3, 0.4) is 0 Å². The van der Waals surface area contributed by atoms with E-state index in [0.29, 0.717) is 6.42 Å². The van der Waals surface area contributed by atoms with Gasteiger partial charge in [-0.05, 0) is 66.2 Å². The molecule has 2 aliphatic rings. The normalized spacial score (nSPS) is 19.0. The second-order valence-corrected chi connectivity index (χ2v) is 7.92. The van der Waals surface area contributed by atoms with E-state index in [1.807, 2.05) is 38.3 Å². The fourth-order valence-corrected chi connectivity index (χ4v) is 3.80. The molecule has 4 nitrogen and oxygen atoms in total. The standard InChI is InChI=1S/C26H31FN2O2.C2H6/c1-20(30)19-31-26-11-8-23-12-14-29(15-13-24(23)16-26)18-22(17-28-2)5-3-4-21-6-9-25(27)10-7-21;1-2/h3-6,8-11,16-17,21,30H,1,7,12-15,18-19H2,2H3;1-2H3/b4-3+,22-5+,28-17?;. The van der Waals surface area contributed by atoms with E-state index in [0.717, 1.165) is 43.8 Å². The fraction of sp³-hybridized carbons (Fsp3) is 0.393. The molecule has 0 amide bonds. The summed E-state index contributed by atoms with van der Waals surface area (Å²) in [6, 6.07) is 6.15. The van der Waals surface area contributed by atoms with Crippen LogP contribution in [0.25, 0.3) is 0 Å². The van der Waals surface area contributed by atoms with Gasteiger partial charge >= 0.3 is 0 Å². The molecule has 0 saturated carbocycles. The fourth-order valence-electron chi connectivity index (χ4n) is 3.80. The van der Waals surface area contributed by atoms with Crippen LogP contribution in [0.4, 0.5) is 4.39 Å². The van der Waals surface area contributed by atoms with E-state index in [-0.39, 0.29) is 24.1 Å². The Hall–Kier alpha value is -2.92. The summed E-state index contributed by atoms with van der Waals surface area (Å²) < 4.78 is 18.7. The molecule has 1 aliphatic carbocycles. The molecular formula is C28H37FN2O2. The van der Waals surface area contributed by atoms with Crippen molar-refractivity contribution in [2.24, 2.45) is 10.9 Å². The SMILES string of the molecule is C=C(O)COc1ccc2c(c1)CCN(C/C(C=NC)=C/C=C/C1C=CC(F)=CC1)CC2.CC. The maximum absolute atomic E-state index is 13.1. The average Bonchev–Trinajstić information content (AvgIpc) is 3.02. The predicted octanol–water partition coefficient (Wildman–Crippen LogP) is 6.18. The molecular weight excluding hydrogens is 415 g/mol. The Bertz CT molecular complexity index is 928. The average molecular weight is 453 g/mol. The number of halogens is 1. The summed E-state index contributed by atoms with van der Waals surface area (Å²) in [7, 11) is 1.79. The summed E-state index contributed by atoms with van der Waals surface area (Å²) in [5.74, 6) is 0.870. The number of rotatable bonds is 8. The van der Waals surface area contributed by atoms with Crippen molar-refractivity contribution in [3.8, 4) is 5.75 Å². The molecule has 1 heterocycles. The third-order valence-electron chi connectivity index (χ3n) is 5.44. The lowest BCUT2D eigenvalue weighted by Gasteiger charge is -2.20. The summed E-state index contributed by atoms with van der Waals surface area (Å²) in [6.45, 7) is 10.3. The summed E-state index contributed by atoms with van der Waals surface area (Å²) in [5.41, 5.74) is 3.79. The maximum atomic E-state index is 13.1. The van der Waals surface area contributed by atoms with Gasteiger partial charge in [-0.2, -0.15) is 0 Å². The van der Waals surface area contributed by atoms with E-state index in [4.69, 9.17) is 4.74 Å². The van der Waals surface area contributed by atoms with Crippen molar-refractivity contribution in [3.63, 3.8) is 0 Å². The lowest BCUT2D eigenvalue weighted by atomic mass is 10.00. The second kappa shape index (κ2) is 14.3. The van der Waals surface area contributed by atoms with Crippen LogP contribution < -0.4 is 4.74 Å². The van der Waals surface area contributed by atoms with Crippen molar-refractivity contribution in [3.05, 3.63) is 89.5 Å². The second-order valence-electron chi connectivity index (χ2n) is 7.92. The highest BCUT2D eigenvalue weighted by Crippen LogP contribution is 2.23. The minimum absolute atomic E-state index is 0.0233. The van der Waals surface area contributed by atoms with Gasteiger partial charge in [0.2, 0.25) is 0 Å². The van der Waals surface area contributed by atoms with Crippen LogP contribution in [0, 0.1) is 5.92 Å². The monoisotopic (exact) mass is 452 g/mol. The Balaban J connectivity index is 0.00000187. The number of fused-ring (bicyclic) bond motifs is 1. The Labute approximate surface area is 198 Å². The lowest BCUT2D eigenvalue weighted by Crippen LogP contribution is -2.29. The molecule has 1 N–H and O–H groups in total. The highest BCUT2D eigenvalue weighted by atomic mass is 19.1. The number of hydrogen-bond donors (Lipinski definition) is 1. The first-order valence-electron chi connectivity index (χ1n) is 11.7. The van der Waals surface area contributed by atoms with Crippen LogP contribution in [0.2, 0.25) is 0 Å². The summed E-state index contributed by atoms with van der Waals surface area (Å²) in [6.07, 6.45) is 15.8. The van der Waals surface area contributed by atoms with Crippen molar-refractivity contribution in [2.45, 2.75) is 33.1 Å². The summed E-state index contributed by atoms with van der Waals surface area (Å²) in [4.78, 5) is 6.66. The number of benzene rings is 1. The first-order chi connectivity index (χ1) is 16.0. The van der Waals surface area contributed by atoms with E-state index in [2.05, 4.69) is 40.8 Å². The molecule has 3 rings (SSSR count). The summed E-state index contributed by atoms with van der Waals surface area (Å²) >= 11 is 0. The zero-order chi connectivity index (χ0) is 24.1. The lowest BCUT2D eigenvalue weighted by molar-refractivity contribution is 0.272. The number of aliphatic hydroxyl groups is 1. The van der Waals surface area contributed by atoms with Crippen molar-refractivity contribution >= 4 is 6.21 Å². The predicted molar refractivity (Wildman–Crippen MR) is 137 cm³/mol. The molecule has 0 fully saturated rings. The third-order valence-corrected chi connectivity index (χ3v) is 5.44. The van der Waals surface area contributed by atoms with Gasteiger partial charge in [-0.15, -0.1) is 0 Å². The number of allylic oxidation sites excluding steroid dienone is 7. The van der Waals surface area contributed by atoms with Crippen LogP contribution in [0.15, 0.2) is 83.4 Å². The molecule has 0 bridgehead atoms. The molecule has 0 aromatic heterocycles. The molecule has 0 spiro atoms. The smallest absolute Gasteiger partial charge is 0.144 e. The number of ether oxygens (including phenoxy) is 1. The zero-order valence-electron chi connectivity index (χ0n) is 20.1. The number of hydrogen-bond acceptors (Lipinski definition) is 4. The minimum Gasteiger partial charge on any atom is -0.509 e. The van der Waals surface area contributed by atoms with Crippen LogP contribution in [-0.4, -0.2) is 49.5 Å². The maximum Gasteiger partial charge on any atom is 0.144 e. The van der Waals surface area contributed by atoms with Crippen LogP contribution in [0.5, 0.6) is 5.75 Å². The van der Waals surface area contributed by atoms with Crippen LogP contribution >= 0.6 is 0 Å². The first-order valence-corrected chi connectivity index (χ1v) is 11.7. The quantitative estimate of drug-likeness (QED) is 0.291. The summed E-state index contributed by atoms with van der Waals surface area (Å²) in [5, 5.41) is 9.24. The highest BCUT2D eigenvalue weighted by Gasteiger charge is 2.15. The van der Waals surface area contributed by atoms with E-state index >= 15 is 0 Å². The van der Waals surface area contributed by atoms with Gasteiger partial charge in [-0.1, -0.05) is 50.8 Å². The van der Waals surface area contributed by atoms with Gasteiger partial charge < -0.3 is 9.84 Å². The number of aliphatic imine (C=N–C) groups is 1. The molecule has 1 aliphatic heterocycles. The van der Waals surface area contributed by atoms with Crippen molar-refractivity contribution < 1.29 is 14.2 Å². The molecule has 1 aromatic rings. The molecule has 178 valence electrons. The molecule has 1 atom stereocenters. The molecule has 33 heavy (non-hydrogen) atoms. The molecule has 1 aromatic carbocycles. The van der Waals surface area contributed by atoms with Gasteiger partial charge in [-0.3, -0.25) is 9.89 Å². The number of aliphatic hydroxyl groups excluding tert-OH is 1. The van der Waals surface area contributed by atoms with Gasteiger partial charge in [0, 0.05) is 32.9 Å². The van der Waals surface area contributed by atoms with Crippen molar-refractivity contribution in [1.29, 1.82) is 0 Å². The highest BCUT2D eigenvalue weighted by molar-refractivity contribution is 5.79. The van der Waals surface area contributed by atoms with E-state index < -0.39 is 0 Å². The molecule has 5 heteroatoms. The van der Waals surface area contributed by atoms with Crippen LogP contribution in [-0.2, 0) is 12.8 Å². The largest absolute Gasteiger partial charge is 0.509 e.